The Labute approximate surface area is 109 Å². The maximum Gasteiger partial charge on any atom is 0.185 e. The third-order valence-corrected chi connectivity index (χ3v) is 3.54. The van der Waals surface area contributed by atoms with Crippen molar-refractivity contribution in [1.82, 2.24) is 0 Å². The van der Waals surface area contributed by atoms with Gasteiger partial charge in [0.25, 0.3) is 0 Å². The molecule has 0 radical (unpaired) electrons. The Balaban J connectivity index is 1.95. The van der Waals surface area contributed by atoms with E-state index in [2.05, 4.69) is 6.08 Å². The molecule has 0 aliphatic heterocycles. The lowest BCUT2D eigenvalue weighted by molar-refractivity contribution is 0.104. The summed E-state index contributed by atoms with van der Waals surface area (Å²) < 4.78 is 5.07. The predicted octanol–water partition coefficient (Wildman–Crippen LogP) is 4.01. The molecule has 2 rings (SSSR count). The number of ketones is 1. The molecule has 2 heteroatoms. The maximum absolute atomic E-state index is 12.0. The monoisotopic (exact) mass is 244 g/mol. The average Bonchev–Trinajstić information content (AvgIpc) is 2.46. The van der Waals surface area contributed by atoms with Crippen molar-refractivity contribution in [2.24, 2.45) is 5.92 Å². The second-order valence-electron chi connectivity index (χ2n) is 4.85. The standard InChI is InChI=1S/C16H20O2/c1-18-15-10-8-14(9-11-15)16(17)12-7-13-5-3-2-4-6-13/h7-13H,2-6H2,1H3/b12-7+. The summed E-state index contributed by atoms with van der Waals surface area (Å²) in [7, 11) is 1.62. The zero-order valence-electron chi connectivity index (χ0n) is 10.9. The Morgan fingerprint density at radius 2 is 1.83 bits per heavy atom. The summed E-state index contributed by atoms with van der Waals surface area (Å²) in [4.78, 5) is 12.0. The Morgan fingerprint density at radius 3 is 2.44 bits per heavy atom. The molecule has 0 aromatic heterocycles. The number of carbonyl (C=O) groups is 1. The summed E-state index contributed by atoms with van der Waals surface area (Å²) in [5.74, 6) is 1.46. The minimum atomic E-state index is 0.0863. The highest BCUT2D eigenvalue weighted by Crippen LogP contribution is 2.24. The van der Waals surface area contributed by atoms with Crippen molar-refractivity contribution in [1.29, 1.82) is 0 Å². The van der Waals surface area contributed by atoms with E-state index in [1.165, 1.54) is 32.1 Å². The number of rotatable bonds is 4. The van der Waals surface area contributed by atoms with Crippen LogP contribution in [0.4, 0.5) is 0 Å². The van der Waals surface area contributed by atoms with E-state index in [1.807, 2.05) is 24.3 Å². The summed E-state index contributed by atoms with van der Waals surface area (Å²) >= 11 is 0. The number of methoxy groups -OCH3 is 1. The molecular weight excluding hydrogens is 224 g/mol. The first-order valence-corrected chi connectivity index (χ1v) is 6.66. The molecule has 0 N–H and O–H groups in total. The van der Waals surface area contributed by atoms with Gasteiger partial charge in [-0.1, -0.05) is 25.3 Å². The summed E-state index contributed by atoms with van der Waals surface area (Å²) in [5.41, 5.74) is 0.725. The summed E-state index contributed by atoms with van der Waals surface area (Å²) in [6.45, 7) is 0. The second-order valence-corrected chi connectivity index (χ2v) is 4.85. The van der Waals surface area contributed by atoms with Gasteiger partial charge in [-0.25, -0.2) is 0 Å². The Hall–Kier alpha value is -1.57. The smallest absolute Gasteiger partial charge is 0.185 e. The largest absolute Gasteiger partial charge is 0.497 e. The zero-order chi connectivity index (χ0) is 12.8. The first kappa shape index (κ1) is 12.9. The lowest BCUT2D eigenvalue weighted by Crippen LogP contribution is -2.04. The molecule has 1 aromatic rings. The number of benzene rings is 1. The first-order chi connectivity index (χ1) is 8.79. The van der Waals surface area contributed by atoms with Crippen molar-refractivity contribution in [3.8, 4) is 5.75 Å². The first-order valence-electron chi connectivity index (χ1n) is 6.66. The van der Waals surface area contributed by atoms with Crippen molar-refractivity contribution in [2.75, 3.05) is 7.11 Å². The van der Waals surface area contributed by atoms with Crippen LogP contribution in [-0.4, -0.2) is 12.9 Å². The molecular formula is C16H20O2. The van der Waals surface area contributed by atoms with Gasteiger partial charge in [-0.15, -0.1) is 0 Å². The van der Waals surface area contributed by atoms with Crippen molar-refractivity contribution in [3.05, 3.63) is 42.0 Å². The average molecular weight is 244 g/mol. The maximum atomic E-state index is 12.0. The van der Waals surface area contributed by atoms with E-state index in [0.29, 0.717) is 5.92 Å². The van der Waals surface area contributed by atoms with Crippen LogP contribution in [-0.2, 0) is 0 Å². The molecule has 96 valence electrons. The third-order valence-electron chi connectivity index (χ3n) is 3.54. The molecule has 1 saturated carbocycles. The van der Waals surface area contributed by atoms with Crippen LogP contribution in [0.25, 0.3) is 0 Å². The van der Waals surface area contributed by atoms with Gasteiger partial charge >= 0.3 is 0 Å². The number of hydrogen-bond donors (Lipinski definition) is 0. The highest BCUT2D eigenvalue weighted by Gasteiger charge is 2.10. The fraction of sp³-hybridized carbons (Fsp3) is 0.438. The van der Waals surface area contributed by atoms with E-state index in [-0.39, 0.29) is 5.78 Å². The van der Waals surface area contributed by atoms with E-state index in [4.69, 9.17) is 4.74 Å². The lowest BCUT2D eigenvalue weighted by Gasteiger charge is -2.17. The van der Waals surface area contributed by atoms with Gasteiger partial charge in [0, 0.05) is 5.56 Å². The summed E-state index contributed by atoms with van der Waals surface area (Å²) in [6.07, 6.45) is 10.2. The molecule has 0 bridgehead atoms. The van der Waals surface area contributed by atoms with E-state index < -0.39 is 0 Å². The highest BCUT2D eigenvalue weighted by molar-refractivity contribution is 6.04. The molecule has 0 heterocycles. The quantitative estimate of drug-likeness (QED) is 0.590. The number of hydrogen-bond acceptors (Lipinski definition) is 2. The van der Waals surface area contributed by atoms with Crippen LogP contribution >= 0.6 is 0 Å². The van der Waals surface area contributed by atoms with Crippen molar-refractivity contribution in [3.63, 3.8) is 0 Å². The fourth-order valence-electron chi connectivity index (χ4n) is 2.40. The van der Waals surface area contributed by atoms with Crippen LogP contribution in [0.3, 0.4) is 0 Å². The zero-order valence-corrected chi connectivity index (χ0v) is 10.9. The van der Waals surface area contributed by atoms with E-state index in [0.717, 1.165) is 11.3 Å². The van der Waals surface area contributed by atoms with E-state index in [1.54, 1.807) is 13.2 Å². The molecule has 0 saturated heterocycles. The van der Waals surface area contributed by atoms with Gasteiger partial charge in [0.15, 0.2) is 5.78 Å². The SMILES string of the molecule is COc1ccc(C(=O)/C=C/C2CCCCC2)cc1. The molecule has 0 unspecified atom stereocenters. The van der Waals surface area contributed by atoms with Crippen LogP contribution in [0.15, 0.2) is 36.4 Å². The topological polar surface area (TPSA) is 26.3 Å². The lowest BCUT2D eigenvalue weighted by atomic mass is 9.89. The number of carbonyl (C=O) groups excluding carboxylic acids is 1. The van der Waals surface area contributed by atoms with Crippen molar-refractivity contribution >= 4 is 5.78 Å². The molecule has 1 aromatic carbocycles. The van der Waals surface area contributed by atoms with E-state index in [9.17, 15) is 4.79 Å². The van der Waals surface area contributed by atoms with Crippen LogP contribution in [0.1, 0.15) is 42.5 Å². The van der Waals surface area contributed by atoms with Crippen LogP contribution < -0.4 is 4.74 Å². The van der Waals surface area contributed by atoms with Crippen LogP contribution in [0, 0.1) is 5.92 Å². The summed E-state index contributed by atoms with van der Waals surface area (Å²) in [6, 6.07) is 7.27. The van der Waals surface area contributed by atoms with Gasteiger partial charge in [-0.05, 0) is 49.1 Å². The van der Waals surface area contributed by atoms with Crippen LogP contribution in [0.5, 0.6) is 5.75 Å². The molecule has 1 aliphatic rings. The second kappa shape index (κ2) is 6.39. The van der Waals surface area contributed by atoms with Gasteiger partial charge in [0.2, 0.25) is 0 Å². The molecule has 0 atom stereocenters. The fourth-order valence-corrected chi connectivity index (χ4v) is 2.40. The molecule has 0 amide bonds. The minimum absolute atomic E-state index is 0.0863. The predicted molar refractivity (Wildman–Crippen MR) is 73.0 cm³/mol. The summed E-state index contributed by atoms with van der Waals surface area (Å²) in [5, 5.41) is 0. The van der Waals surface area contributed by atoms with E-state index >= 15 is 0 Å². The Bertz CT molecular complexity index is 411. The molecule has 18 heavy (non-hydrogen) atoms. The third kappa shape index (κ3) is 3.46. The van der Waals surface area contributed by atoms with Gasteiger partial charge in [-0.3, -0.25) is 4.79 Å². The number of allylic oxidation sites excluding steroid dienone is 2. The van der Waals surface area contributed by atoms with Crippen molar-refractivity contribution < 1.29 is 9.53 Å². The minimum Gasteiger partial charge on any atom is -0.497 e. The van der Waals surface area contributed by atoms with Crippen LogP contribution in [0.2, 0.25) is 0 Å². The molecule has 0 spiro atoms. The highest BCUT2D eigenvalue weighted by atomic mass is 16.5. The number of ether oxygens (including phenoxy) is 1. The van der Waals surface area contributed by atoms with Crippen molar-refractivity contribution in [2.45, 2.75) is 32.1 Å². The van der Waals surface area contributed by atoms with Gasteiger partial charge in [0.05, 0.1) is 7.11 Å². The molecule has 1 aliphatic carbocycles. The van der Waals surface area contributed by atoms with Gasteiger partial charge in [0.1, 0.15) is 5.75 Å². The Morgan fingerprint density at radius 1 is 1.17 bits per heavy atom. The molecule has 1 fully saturated rings. The van der Waals surface area contributed by atoms with Gasteiger partial charge in [-0.2, -0.15) is 0 Å². The van der Waals surface area contributed by atoms with Gasteiger partial charge < -0.3 is 4.74 Å². The molecule has 2 nitrogen and oxygen atoms in total. The normalized spacial score (nSPS) is 16.9. The Kier molecular flexibility index (Phi) is 4.57.